The van der Waals surface area contributed by atoms with Crippen LogP contribution >= 0.6 is 0 Å². The lowest BCUT2D eigenvalue weighted by Crippen LogP contribution is -2.40. The monoisotopic (exact) mass is 382 g/mol. The number of rotatable bonds is 6. The lowest BCUT2D eigenvalue weighted by Gasteiger charge is -2.22. The zero-order valence-corrected chi connectivity index (χ0v) is 16.2. The molecule has 2 aromatic carbocycles. The Hall–Kier alpha value is -3.02. The van der Waals surface area contributed by atoms with Gasteiger partial charge in [-0.05, 0) is 37.6 Å². The van der Waals surface area contributed by atoms with Gasteiger partial charge in [0.1, 0.15) is 11.5 Å². The summed E-state index contributed by atoms with van der Waals surface area (Å²) < 4.78 is 11.1. The molecule has 1 saturated heterocycles. The second kappa shape index (κ2) is 9.78. The van der Waals surface area contributed by atoms with Gasteiger partial charge in [-0.2, -0.15) is 0 Å². The fourth-order valence-electron chi connectivity index (χ4n) is 3.04. The zero-order chi connectivity index (χ0) is 19.8. The van der Waals surface area contributed by atoms with E-state index >= 15 is 0 Å². The number of benzene rings is 2. The molecule has 0 atom stereocenters. The second-order valence-electron chi connectivity index (χ2n) is 6.82. The minimum Gasteiger partial charge on any atom is -0.484 e. The molecule has 0 spiro atoms. The van der Waals surface area contributed by atoms with Crippen molar-refractivity contribution in [2.24, 2.45) is 0 Å². The molecule has 0 saturated carbocycles. The minimum atomic E-state index is -0.0611. The number of carbonyl (C=O) groups excluding carboxylic acids is 2. The maximum absolute atomic E-state index is 12.5. The van der Waals surface area contributed by atoms with Crippen molar-refractivity contribution in [3.8, 4) is 11.5 Å². The minimum absolute atomic E-state index is 0.00806. The first-order chi connectivity index (χ1) is 13.6. The van der Waals surface area contributed by atoms with Gasteiger partial charge in [-0.15, -0.1) is 0 Å². The van der Waals surface area contributed by atoms with Gasteiger partial charge in [-0.3, -0.25) is 9.59 Å². The van der Waals surface area contributed by atoms with Crippen LogP contribution in [0.4, 0.5) is 0 Å². The first-order valence-corrected chi connectivity index (χ1v) is 9.55. The molecule has 0 bridgehead atoms. The highest BCUT2D eigenvalue weighted by Crippen LogP contribution is 2.12. The molecule has 28 heavy (non-hydrogen) atoms. The van der Waals surface area contributed by atoms with E-state index in [1.807, 2.05) is 61.5 Å². The maximum atomic E-state index is 12.5. The summed E-state index contributed by atoms with van der Waals surface area (Å²) in [6, 6.07) is 16.9. The Morgan fingerprint density at radius 1 is 0.750 bits per heavy atom. The number of amides is 2. The summed E-state index contributed by atoms with van der Waals surface area (Å²) in [4.78, 5) is 28.4. The van der Waals surface area contributed by atoms with Crippen LogP contribution in [-0.2, 0) is 9.59 Å². The summed E-state index contributed by atoms with van der Waals surface area (Å²) in [5.74, 6) is 1.24. The van der Waals surface area contributed by atoms with Crippen LogP contribution in [0.3, 0.4) is 0 Å². The molecule has 0 N–H and O–H groups in total. The molecule has 3 rings (SSSR count). The number of hydrogen-bond acceptors (Lipinski definition) is 4. The second-order valence-corrected chi connectivity index (χ2v) is 6.82. The van der Waals surface area contributed by atoms with Gasteiger partial charge in [0.25, 0.3) is 11.8 Å². The third kappa shape index (κ3) is 5.74. The molecule has 2 amide bonds. The van der Waals surface area contributed by atoms with Crippen LogP contribution in [0.15, 0.2) is 54.6 Å². The summed E-state index contributed by atoms with van der Waals surface area (Å²) in [5, 5.41) is 0. The van der Waals surface area contributed by atoms with Crippen molar-refractivity contribution in [2.75, 3.05) is 39.4 Å². The zero-order valence-electron chi connectivity index (χ0n) is 16.2. The van der Waals surface area contributed by atoms with Crippen LogP contribution in [0, 0.1) is 6.92 Å². The lowest BCUT2D eigenvalue weighted by atomic mass is 10.2. The van der Waals surface area contributed by atoms with E-state index in [2.05, 4.69) is 0 Å². The Kier molecular flexibility index (Phi) is 6.89. The SMILES string of the molecule is Cc1ccc(OCC(=O)N2CCCN(C(=O)COc3ccccc3)CC2)cc1. The van der Waals surface area contributed by atoms with E-state index in [9.17, 15) is 9.59 Å². The Labute approximate surface area is 165 Å². The third-order valence-corrected chi connectivity index (χ3v) is 4.69. The number of aryl methyl sites for hydroxylation is 1. The molecule has 0 aliphatic carbocycles. The van der Waals surface area contributed by atoms with Gasteiger partial charge in [0.15, 0.2) is 13.2 Å². The molecule has 1 fully saturated rings. The predicted molar refractivity (Wildman–Crippen MR) is 106 cm³/mol. The molecule has 0 radical (unpaired) electrons. The van der Waals surface area contributed by atoms with Crippen LogP contribution in [0.2, 0.25) is 0 Å². The highest BCUT2D eigenvalue weighted by Gasteiger charge is 2.22. The summed E-state index contributed by atoms with van der Waals surface area (Å²) in [6.07, 6.45) is 0.743. The standard InChI is InChI=1S/C22H26N2O4/c1-18-8-10-20(11-9-18)28-17-22(26)24-13-5-12-23(14-15-24)21(25)16-27-19-6-3-2-4-7-19/h2-4,6-11H,5,12-17H2,1H3. The molecule has 2 aromatic rings. The molecular formula is C22H26N2O4. The van der Waals surface area contributed by atoms with Gasteiger partial charge in [0, 0.05) is 26.2 Å². The molecule has 148 valence electrons. The van der Waals surface area contributed by atoms with Crippen LogP contribution < -0.4 is 9.47 Å². The summed E-state index contributed by atoms with van der Waals surface area (Å²) >= 11 is 0. The number of nitrogens with zero attached hydrogens (tertiary/aromatic N) is 2. The van der Waals surface area contributed by atoms with Gasteiger partial charge >= 0.3 is 0 Å². The van der Waals surface area contributed by atoms with E-state index in [0.29, 0.717) is 37.7 Å². The average Bonchev–Trinajstić information content (AvgIpc) is 2.98. The quantitative estimate of drug-likeness (QED) is 0.770. The van der Waals surface area contributed by atoms with Crippen molar-refractivity contribution in [2.45, 2.75) is 13.3 Å². The number of para-hydroxylation sites is 1. The summed E-state index contributed by atoms with van der Waals surface area (Å²) in [6.45, 7) is 4.28. The van der Waals surface area contributed by atoms with E-state index in [0.717, 1.165) is 12.0 Å². The maximum Gasteiger partial charge on any atom is 0.260 e. The van der Waals surface area contributed by atoms with Gasteiger partial charge in [-0.1, -0.05) is 35.9 Å². The van der Waals surface area contributed by atoms with E-state index in [1.165, 1.54) is 0 Å². The molecule has 1 aliphatic heterocycles. The number of ether oxygens (including phenoxy) is 2. The molecule has 6 heteroatoms. The predicted octanol–water partition coefficient (Wildman–Crippen LogP) is 2.51. The normalized spacial score (nSPS) is 14.3. The van der Waals surface area contributed by atoms with E-state index in [4.69, 9.17) is 9.47 Å². The summed E-state index contributed by atoms with van der Waals surface area (Å²) in [5.41, 5.74) is 1.15. The Morgan fingerprint density at radius 2 is 1.25 bits per heavy atom. The van der Waals surface area contributed by atoms with Crippen LogP contribution in [0.25, 0.3) is 0 Å². The first kappa shape index (κ1) is 19.7. The first-order valence-electron chi connectivity index (χ1n) is 9.55. The third-order valence-electron chi connectivity index (χ3n) is 4.69. The van der Waals surface area contributed by atoms with Gasteiger partial charge < -0.3 is 19.3 Å². The van der Waals surface area contributed by atoms with Crippen molar-refractivity contribution < 1.29 is 19.1 Å². The molecule has 6 nitrogen and oxygen atoms in total. The Bertz CT molecular complexity index is 777. The topological polar surface area (TPSA) is 59.1 Å². The fourth-order valence-corrected chi connectivity index (χ4v) is 3.04. The number of hydrogen-bond donors (Lipinski definition) is 0. The number of carbonyl (C=O) groups is 2. The van der Waals surface area contributed by atoms with Crippen LogP contribution in [0.5, 0.6) is 11.5 Å². The molecule has 0 unspecified atom stereocenters. The highest BCUT2D eigenvalue weighted by molar-refractivity contribution is 5.79. The molecular weight excluding hydrogens is 356 g/mol. The van der Waals surface area contributed by atoms with Crippen molar-refractivity contribution in [3.05, 3.63) is 60.2 Å². The average molecular weight is 382 g/mol. The van der Waals surface area contributed by atoms with E-state index < -0.39 is 0 Å². The molecule has 1 heterocycles. The van der Waals surface area contributed by atoms with Crippen LogP contribution in [-0.4, -0.2) is 61.0 Å². The fraction of sp³-hybridized carbons (Fsp3) is 0.364. The summed E-state index contributed by atoms with van der Waals surface area (Å²) in [7, 11) is 0. The van der Waals surface area contributed by atoms with E-state index in [-0.39, 0.29) is 25.0 Å². The van der Waals surface area contributed by atoms with Crippen LogP contribution in [0.1, 0.15) is 12.0 Å². The molecule has 1 aliphatic rings. The lowest BCUT2D eigenvalue weighted by molar-refractivity contribution is -0.135. The Balaban J connectivity index is 1.43. The van der Waals surface area contributed by atoms with Gasteiger partial charge in [0.05, 0.1) is 0 Å². The van der Waals surface area contributed by atoms with Crippen molar-refractivity contribution in [1.82, 2.24) is 9.80 Å². The Morgan fingerprint density at radius 3 is 1.79 bits per heavy atom. The van der Waals surface area contributed by atoms with E-state index in [1.54, 1.807) is 9.80 Å². The van der Waals surface area contributed by atoms with Crippen molar-refractivity contribution in [1.29, 1.82) is 0 Å². The molecule has 0 aromatic heterocycles. The van der Waals surface area contributed by atoms with Gasteiger partial charge in [0.2, 0.25) is 0 Å². The van der Waals surface area contributed by atoms with Crippen molar-refractivity contribution >= 4 is 11.8 Å². The van der Waals surface area contributed by atoms with Gasteiger partial charge in [-0.25, -0.2) is 0 Å². The highest BCUT2D eigenvalue weighted by atomic mass is 16.5. The largest absolute Gasteiger partial charge is 0.484 e. The smallest absolute Gasteiger partial charge is 0.260 e. The van der Waals surface area contributed by atoms with Crippen molar-refractivity contribution in [3.63, 3.8) is 0 Å².